The van der Waals surface area contributed by atoms with Crippen LogP contribution >= 0.6 is 11.6 Å². The first-order valence-electron chi connectivity index (χ1n) is 8.51. The number of likely N-dealkylation sites (tertiary alicyclic amines) is 1. The molecular weight excluding hydrogens is 398 g/mol. The molecule has 1 aromatic rings. The molecule has 0 spiro atoms. The summed E-state index contributed by atoms with van der Waals surface area (Å²) < 4.78 is 33.5. The molecule has 1 heterocycles. The van der Waals surface area contributed by atoms with Crippen LogP contribution in [0.5, 0.6) is 0 Å². The van der Waals surface area contributed by atoms with E-state index in [9.17, 15) is 23.3 Å². The minimum absolute atomic E-state index is 0.0656. The highest BCUT2D eigenvalue weighted by molar-refractivity contribution is 6.31. The van der Waals surface area contributed by atoms with Crippen LogP contribution in [0.25, 0.3) is 0 Å². The van der Waals surface area contributed by atoms with Crippen molar-refractivity contribution in [3.8, 4) is 0 Å². The fraction of sp³-hybridized carbons (Fsp3) is 0.500. The lowest BCUT2D eigenvalue weighted by molar-refractivity contribution is -0.152. The zero-order chi connectivity index (χ0) is 21.2. The summed E-state index contributed by atoms with van der Waals surface area (Å²) in [6, 6.07) is 2.32. The van der Waals surface area contributed by atoms with Crippen LogP contribution in [0, 0.1) is 0 Å². The van der Waals surface area contributed by atoms with Gasteiger partial charge >= 0.3 is 12.1 Å². The van der Waals surface area contributed by atoms with Crippen LogP contribution in [0.2, 0.25) is 5.02 Å². The summed E-state index contributed by atoms with van der Waals surface area (Å²) in [5, 5.41) is 8.92. The van der Waals surface area contributed by atoms with E-state index < -0.39 is 42.3 Å². The molecule has 1 aromatic carbocycles. The van der Waals surface area contributed by atoms with Gasteiger partial charge in [0.25, 0.3) is 5.91 Å². The molecule has 2 amide bonds. The fourth-order valence-electron chi connectivity index (χ4n) is 2.81. The molecule has 1 N–H and O–H groups in total. The van der Waals surface area contributed by atoms with E-state index in [0.29, 0.717) is 0 Å². The molecule has 154 valence electrons. The summed E-state index contributed by atoms with van der Waals surface area (Å²) in [7, 11) is 0. The first kappa shape index (κ1) is 21.9. The Kier molecular flexibility index (Phi) is 6.48. The van der Waals surface area contributed by atoms with Crippen LogP contribution in [-0.4, -0.2) is 57.5 Å². The molecule has 0 bridgehead atoms. The van der Waals surface area contributed by atoms with E-state index in [1.807, 2.05) is 0 Å². The largest absolute Gasteiger partial charge is 0.478 e. The minimum Gasteiger partial charge on any atom is -0.478 e. The first-order chi connectivity index (χ1) is 12.9. The van der Waals surface area contributed by atoms with Gasteiger partial charge in [-0.25, -0.2) is 14.0 Å². The Morgan fingerprint density at radius 2 is 1.96 bits per heavy atom. The number of carboxylic acid groups (broad SMARTS) is 1. The third-order valence-electron chi connectivity index (χ3n) is 3.93. The number of hydrogen-bond acceptors (Lipinski definition) is 4. The van der Waals surface area contributed by atoms with Gasteiger partial charge in [-0.05, 0) is 44.5 Å². The molecule has 1 saturated heterocycles. The van der Waals surface area contributed by atoms with Crippen molar-refractivity contribution in [1.82, 2.24) is 10.0 Å². The first-order valence-corrected chi connectivity index (χ1v) is 8.89. The van der Waals surface area contributed by atoms with E-state index in [2.05, 4.69) is 0 Å². The van der Waals surface area contributed by atoms with Gasteiger partial charge in [0.05, 0.1) is 18.7 Å². The third-order valence-corrected chi connectivity index (χ3v) is 4.15. The maximum atomic E-state index is 14.5. The molecule has 2 rings (SSSR count). The van der Waals surface area contributed by atoms with E-state index in [4.69, 9.17) is 21.4 Å². The Bertz CT molecular complexity index is 784. The second-order valence-corrected chi connectivity index (χ2v) is 7.93. The minimum atomic E-state index is -1.49. The molecule has 10 heteroatoms. The molecule has 1 fully saturated rings. The number of carboxylic acids is 1. The predicted molar refractivity (Wildman–Crippen MR) is 96.3 cm³/mol. The third kappa shape index (κ3) is 5.54. The van der Waals surface area contributed by atoms with Crippen molar-refractivity contribution >= 4 is 29.6 Å². The van der Waals surface area contributed by atoms with E-state index >= 15 is 0 Å². The molecule has 7 nitrogen and oxygen atoms in total. The highest BCUT2D eigenvalue weighted by atomic mass is 35.5. The van der Waals surface area contributed by atoms with Gasteiger partial charge in [0.2, 0.25) is 0 Å². The average molecular weight is 419 g/mol. The Morgan fingerprint density at radius 3 is 2.54 bits per heavy atom. The Morgan fingerprint density at radius 1 is 1.32 bits per heavy atom. The molecule has 0 aliphatic carbocycles. The van der Waals surface area contributed by atoms with E-state index in [0.717, 1.165) is 4.90 Å². The molecule has 0 aromatic heterocycles. The maximum absolute atomic E-state index is 14.5. The Labute approximate surface area is 165 Å². The Balaban J connectivity index is 2.15. The summed E-state index contributed by atoms with van der Waals surface area (Å²) in [6.07, 6.45) is -2.75. The van der Waals surface area contributed by atoms with Gasteiger partial charge in [-0.2, -0.15) is 5.12 Å². The summed E-state index contributed by atoms with van der Waals surface area (Å²) in [4.78, 5) is 36.6. The highest BCUT2D eigenvalue weighted by Crippen LogP contribution is 2.26. The number of benzene rings is 1. The van der Waals surface area contributed by atoms with Gasteiger partial charge in [0, 0.05) is 11.4 Å². The van der Waals surface area contributed by atoms with Crippen molar-refractivity contribution in [3.05, 3.63) is 34.3 Å². The quantitative estimate of drug-likeness (QED) is 0.755. The van der Waals surface area contributed by atoms with Gasteiger partial charge in [-0.15, -0.1) is 0 Å². The standard InChI is InChI=1S/C18H21ClF2N2O5/c1-18(2,3)28-17(27)22-9-13(20)7-14(22)15(24)23(21)8-10-4-11(16(25)26)6-12(19)5-10/h4-6,13-14H,7-9H2,1-3H3,(H,25,26)/t13-,14+/m1/s1. The summed E-state index contributed by atoms with van der Waals surface area (Å²) in [6.45, 7) is 3.87. The number of aromatic carboxylic acids is 1. The number of rotatable bonds is 4. The van der Waals surface area contributed by atoms with Gasteiger partial charge in [0.1, 0.15) is 17.8 Å². The van der Waals surface area contributed by atoms with Gasteiger partial charge in [-0.3, -0.25) is 9.69 Å². The number of carbonyl (C=O) groups is 3. The number of carbonyl (C=O) groups excluding carboxylic acids is 2. The van der Waals surface area contributed by atoms with Crippen LogP contribution in [0.3, 0.4) is 0 Å². The van der Waals surface area contributed by atoms with Gasteiger partial charge < -0.3 is 9.84 Å². The van der Waals surface area contributed by atoms with Crippen LogP contribution < -0.4 is 0 Å². The van der Waals surface area contributed by atoms with Crippen molar-refractivity contribution in [2.24, 2.45) is 0 Å². The monoisotopic (exact) mass is 418 g/mol. The molecule has 28 heavy (non-hydrogen) atoms. The van der Waals surface area contributed by atoms with E-state index in [1.165, 1.54) is 18.2 Å². The van der Waals surface area contributed by atoms with Crippen LogP contribution in [-0.2, 0) is 16.1 Å². The number of nitrogens with zero attached hydrogens (tertiary/aromatic N) is 2. The molecular formula is C18H21ClF2N2O5. The molecule has 2 atom stereocenters. The van der Waals surface area contributed by atoms with Crippen molar-refractivity contribution < 1.29 is 33.1 Å². The number of amides is 2. The van der Waals surface area contributed by atoms with E-state index in [1.54, 1.807) is 20.8 Å². The highest BCUT2D eigenvalue weighted by Gasteiger charge is 2.43. The van der Waals surface area contributed by atoms with Crippen molar-refractivity contribution in [1.29, 1.82) is 0 Å². The van der Waals surface area contributed by atoms with Crippen LogP contribution in [0.1, 0.15) is 43.1 Å². The lowest BCUT2D eigenvalue weighted by Crippen LogP contribution is -2.47. The second-order valence-electron chi connectivity index (χ2n) is 7.49. The number of hydrogen-bond donors (Lipinski definition) is 1. The number of alkyl halides is 1. The predicted octanol–water partition coefficient (Wildman–Crippen LogP) is 3.60. The summed E-state index contributed by atoms with van der Waals surface area (Å²) in [5.41, 5.74) is -0.884. The molecule has 0 radical (unpaired) electrons. The van der Waals surface area contributed by atoms with Crippen molar-refractivity contribution in [2.75, 3.05) is 6.54 Å². The van der Waals surface area contributed by atoms with Crippen LogP contribution in [0.4, 0.5) is 13.7 Å². The summed E-state index contributed by atoms with van der Waals surface area (Å²) in [5.74, 6) is -2.38. The second kappa shape index (κ2) is 8.30. The number of halogens is 3. The fourth-order valence-corrected chi connectivity index (χ4v) is 3.06. The van der Waals surface area contributed by atoms with Crippen molar-refractivity contribution in [2.45, 2.75) is 51.6 Å². The Hall–Kier alpha value is -2.42. The van der Waals surface area contributed by atoms with Gasteiger partial charge in [0.15, 0.2) is 0 Å². The molecule has 0 unspecified atom stereocenters. The zero-order valence-electron chi connectivity index (χ0n) is 15.6. The summed E-state index contributed by atoms with van der Waals surface area (Å²) >= 11 is 5.82. The zero-order valence-corrected chi connectivity index (χ0v) is 16.4. The van der Waals surface area contributed by atoms with Gasteiger partial charge in [-0.1, -0.05) is 16.1 Å². The van der Waals surface area contributed by atoms with E-state index in [-0.39, 0.29) is 34.2 Å². The maximum Gasteiger partial charge on any atom is 0.411 e. The normalized spacial score (nSPS) is 19.4. The smallest absolute Gasteiger partial charge is 0.411 e. The van der Waals surface area contributed by atoms with Crippen molar-refractivity contribution in [3.63, 3.8) is 0 Å². The molecule has 1 aliphatic rings. The lowest BCUT2D eigenvalue weighted by atomic mass is 10.1. The van der Waals surface area contributed by atoms with Crippen LogP contribution in [0.15, 0.2) is 18.2 Å². The number of ether oxygens (including phenoxy) is 1. The lowest BCUT2D eigenvalue weighted by Gasteiger charge is -2.28. The SMILES string of the molecule is CC(C)(C)OC(=O)N1C[C@H](F)C[C@H]1C(=O)N(F)Cc1cc(Cl)cc(C(=O)O)c1. The molecule has 1 aliphatic heterocycles. The molecule has 0 saturated carbocycles. The topological polar surface area (TPSA) is 87.2 Å². The average Bonchev–Trinajstić information content (AvgIpc) is 2.94.